The molecule has 1 aliphatic heterocycles. The van der Waals surface area contributed by atoms with E-state index in [1.165, 1.54) is 17.7 Å². The number of carbonyl (C=O) groups is 1. The Hall–Kier alpha value is -2.13. The lowest BCUT2D eigenvalue weighted by molar-refractivity contribution is 0.0751. The molecule has 0 unspecified atom stereocenters. The third-order valence-electron chi connectivity index (χ3n) is 5.10. The van der Waals surface area contributed by atoms with Gasteiger partial charge in [-0.3, -0.25) is 4.79 Å². The standard InChI is InChI=1S/C19H15Cl3N6OS/c1-10-6-14(28-19(25-10)23-9-24-28)26-2-4-27(5-3-26)18(29)17-16(22)15-12(21)7-11(20)8-13(15)30-17/h6-9H,2-5H2,1H3. The third kappa shape index (κ3) is 3.28. The first-order valence-corrected chi connectivity index (χ1v) is 11.2. The van der Waals surface area contributed by atoms with E-state index < -0.39 is 0 Å². The lowest BCUT2D eigenvalue weighted by Gasteiger charge is -2.35. The van der Waals surface area contributed by atoms with Gasteiger partial charge in [0, 0.05) is 53.0 Å². The molecule has 1 aromatic carbocycles. The predicted octanol–water partition coefficient (Wildman–Crippen LogP) is 4.57. The Morgan fingerprint density at radius 3 is 2.63 bits per heavy atom. The van der Waals surface area contributed by atoms with Crippen LogP contribution in [-0.2, 0) is 0 Å². The molecule has 0 bridgehead atoms. The molecule has 1 fully saturated rings. The van der Waals surface area contributed by atoms with Crippen molar-refractivity contribution < 1.29 is 4.79 Å². The molecule has 1 amide bonds. The van der Waals surface area contributed by atoms with Crippen LogP contribution in [0.4, 0.5) is 5.82 Å². The molecule has 5 rings (SSSR count). The summed E-state index contributed by atoms with van der Waals surface area (Å²) in [5, 5.41) is 6.30. The van der Waals surface area contributed by atoms with Gasteiger partial charge < -0.3 is 9.80 Å². The first-order chi connectivity index (χ1) is 14.4. The number of anilines is 1. The summed E-state index contributed by atoms with van der Waals surface area (Å²) < 4.78 is 2.53. The number of hydrogen-bond donors (Lipinski definition) is 0. The van der Waals surface area contributed by atoms with E-state index in [2.05, 4.69) is 20.0 Å². The molecule has 0 spiro atoms. The normalized spacial score (nSPS) is 14.8. The minimum absolute atomic E-state index is 0.0927. The van der Waals surface area contributed by atoms with Crippen LogP contribution in [0, 0.1) is 6.92 Å². The number of thiophene rings is 1. The van der Waals surface area contributed by atoms with Gasteiger partial charge in [-0.25, -0.2) is 4.98 Å². The van der Waals surface area contributed by atoms with E-state index in [9.17, 15) is 4.79 Å². The van der Waals surface area contributed by atoms with E-state index in [1.807, 2.05) is 17.9 Å². The van der Waals surface area contributed by atoms with Crippen molar-refractivity contribution in [2.45, 2.75) is 6.92 Å². The van der Waals surface area contributed by atoms with Crippen LogP contribution in [0.25, 0.3) is 15.9 Å². The van der Waals surface area contributed by atoms with E-state index >= 15 is 0 Å². The number of hydrogen-bond acceptors (Lipinski definition) is 6. The van der Waals surface area contributed by atoms with Gasteiger partial charge in [-0.2, -0.15) is 14.6 Å². The summed E-state index contributed by atoms with van der Waals surface area (Å²) in [5.41, 5.74) is 0.872. The van der Waals surface area contributed by atoms with E-state index in [4.69, 9.17) is 34.8 Å². The number of nitrogens with zero attached hydrogens (tertiary/aromatic N) is 6. The molecule has 0 radical (unpaired) electrons. The molecule has 7 nitrogen and oxygen atoms in total. The average Bonchev–Trinajstić information content (AvgIpc) is 3.31. The second kappa shape index (κ2) is 7.53. The number of fused-ring (bicyclic) bond motifs is 2. The number of piperazine rings is 1. The smallest absolute Gasteiger partial charge is 0.265 e. The molecule has 0 saturated carbocycles. The SMILES string of the molecule is Cc1cc(N2CCN(C(=O)c3sc4cc(Cl)cc(Cl)c4c3Cl)CC2)n2ncnc2n1. The molecule has 30 heavy (non-hydrogen) atoms. The molecule has 0 aliphatic carbocycles. The number of rotatable bonds is 2. The first kappa shape index (κ1) is 19.8. The van der Waals surface area contributed by atoms with E-state index in [0.717, 1.165) is 16.2 Å². The van der Waals surface area contributed by atoms with Crippen LogP contribution in [0.5, 0.6) is 0 Å². The van der Waals surface area contributed by atoms with Gasteiger partial charge in [0.25, 0.3) is 11.7 Å². The quantitative estimate of drug-likeness (QED) is 0.419. The summed E-state index contributed by atoms with van der Waals surface area (Å²) in [6.45, 7) is 4.39. The molecule has 4 aromatic rings. The van der Waals surface area contributed by atoms with Gasteiger partial charge in [-0.15, -0.1) is 11.3 Å². The van der Waals surface area contributed by atoms with Crippen molar-refractivity contribution in [2.75, 3.05) is 31.1 Å². The average molecular weight is 482 g/mol. The second-order valence-corrected chi connectivity index (χ2v) is 9.29. The van der Waals surface area contributed by atoms with Crippen LogP contribution >= 0.6 is 46.1 Å². The Labute approximate surface area is 190 Å². The Kier molecular flexibility index (Phi) is 4.97. The fraction of sp³-hybridized carbons (Fsp3) is 0.263. The molecule has 0 N–H and O–H groups in total. The molecule has 1 aliphatic rings. The van der Waals surface area contributed by atoms with Crippen molar-refractivity contribution in [1.82, 2.24) is 24.5 Å². The zero-order valence-corrected chi connectivity index (χ0v) is 18.9. The van der Waals surface area contributed by atoms with Crippen molar-refractivity contribution in [3.63, 3.8) is 0 Å². The molecular weight excluding hydrogens is 467 g/mol. The van der Waals surface area contributed by atoms with Gasteiger partial charge in [-0.05, 0) is 19.1 Å². The molecule has 0 atom stereocenters. The van der Waals surface area contributed by atoms with Gasteiger partial charge in [0.15, 0.2) is 0 Å². The van der Waals surface area contributed by atoms with Gasteiger partial charge >= 0.3 is 0 Å². The summed E-state index contributed by atoms with van der Waals surface area (Å²) in [6.07, 6.45) is 1.49. The van der Waals surface area contributed by atoms with Crippen LogP contribution < -0.4 is 4.90 Å². The van der Waals surface area contributed by atoms with Gasteiger partial charge in [-0.1, -0.05) is 34.8 Å². The Morgan fingerprint density at radius 2 is 1.87 bits per heavy atom. The summed E-state index contributed by atoms with van der Waals surface area (Å²) in [7, 11) is 0. The molecule has 4 heterocycles. The topological polar surface area (TPSA) is 66.6 Å². The molecule has 154 valence electrons. The van der Waals surface area contributed by atoms with Gasteiger partial charge in [0.2, 0.25) is 0 Å². The maximum atomic E-state index is 13.2. The Balaban J connectivity index is 1.39. The highest BCUT2D eigenvalue weighted by Gasteiger charge is 2.28. The first-order valence-electron chi connectivity index (χ1n) is 9.21. The van der Waals surface area contributed by atoms with Crippen molar-refractivity contribution in [3.05, 3.63) is 50.2 Å². The Bertz CT molecular complexity index is 1290. The minimum Gasteiger partial charge on any atom is -0.353 e. The lowest BCUT2D eigenvalue weighted by atomic mass is 10.2. The highest BCUT2D eigenvalue weighted by molar-refractivity contribution is 7.21. The highest BCUT2D eigenvalue weighted by atomic mass is 35.5. The number of halogens is 3. The van der Waals surface area contributed by atoms with Crippen LogP contribution in [0.3, 0.4) is 0 Å². The summed E-state index contributed by atoms with van der Waals surface area (Å²) >= 11 is 20.2. The van der Waals surface area contributed by atoms with E-state index in [0.29, 0.717) is 57.3 Å². The maximum absolute atomic E-state index is 13.2. The largest absolute Gasteiger partial charge is 0.353 e. The summed E-state index contributed by atoms with van der Waals surface area (Å²) in [5.74, 6) is 1.39. The second-order valence-electron chi connectivity index (χ2n) is 7.01. The summed E-state index contributed by atoms with van der Waals surface area (Å²) in [6, 6.07) is 5.40. The van der Waals surface area contributed by atoms with Crippen molar-refractivity contribution in [1.29, 1.82) is 0 Å². The van der Waals surface area contributed by atoms with Gasteiger partial charge in [0.05, 0.1) is 10.0 Å². The summed E-state index contributed by atoms with van der Waals surface area (Å²) in [4.78, 5) is 26.2. The zero-order chi connectivity index (χ0) is 21.0. The monoisotopic (exact) mass is 480 g/mol. The maximum Gasteiger partial charge on any atom is 0.265 e. The fourth-order valence-corrected chi connectivity index (χ4v) is 6.01. The van der Waals surface area contributed by atoms with Crippen molar-refractivity contribution in [3.8, 4) is 0 Å². The predicted molar refractivity (Wildman–Crippen MR) is 120 cm³/mol. The zero-order valence-electron chi connectivity index (χ0n) is 15.8. The van der Waals surface area contributed by atoms with Crippen molar-refractivity contribution >= 4 is 73.7 Å². The lowest BCUT2D eigenvalue weighted by Crippen LogP contribution is -2.49. The molecule has 3 aromatic heterocycles. The van der Waals surface area contributed by atoms with Crippen LogP contribution in [0.1, 0.15) is 15.4 Å². The molecule has 1 saturated heterocycles. The molecular formula is C19H15Cl3N6OS. The fourth-order valence-electron chi connectivity index (χ4n) is 3.67. The van der Waals surface area contributed by atoms with Crippen LogP contribution in [-0.4, -0.2) is 56.6 Å². The number of aromatic nitrogens is 4. The van der Waals surface area contributed by atoms with Gasteiger partial charge in [0.1, 0.15) is 17.0 Å². The van der Waals surface area contributed by atoms with Crippen LogP contribution in [0.15, 0.2) is 24.5 Å². The van der Waals surface area contributed by atoms with Crippen molar-refractivity contribution in [2.24, 2.45) is 0 Å². The minimum atomic E-state index is -0.0927. The third-order valence-corrected chi connectivity index (χ3v) is 7.23. The number of aryl methyl sites for hydroxylation is 1. The molecule has 11 heteroatoms. The number of benzene rings is 1. The van der Waals surface area contributed by atoms with E-state index in [1.54, 1.807) is 16.6 Å². The highest BCUT2D eigenvalue weighted by Crippen LogP contribution is 2.41. The van der Waals surface area contributed by atoms with Crippen LogP contribution in [0.2, 0.25) is 15.1 Å². The Morgan fingerprint density at radius 1 is 1.10 bits per heavy atom. The number of carbonyl (C=O) groups excluding carboxylic acids is 1. The number of amides is 1. The van der Waals surface area contributed by atoms with E-state index in [-0.39, 0.29) is 5.91 Å².